The van der Waals surface area contributed by atoms with Crippen LogP contribution in [0.3, 0.4) is 0 Å². The van der Waals surface area contributed by atoms with Crippen LogP contribution in [0, 0.1) is 6.92 Å². The Kier molecular flexibility index (Phi) is 8.20. The second-order valence-corrected chi connectivity index (χ2v) is 10.1. The SMILES string of the molecule is Cc1c([C@@H]2CCC[C@H](F)[C@H]2N)sc2c(NCc3cccs3)cc(Cl)nc12.O=C(O)C(F)(F)F. The number of hydrogen-bond donors (Lipinski definition) is 3. The average Bonchev–Trinajstić information content (AvgIpc) is 3.37. The summed E-state index contributed by atoms with van der Waals surface area (Å²) in [4.78, 5) is 15.9. The molecule has 12 heteroatoms. The van der Waals surface area contributed by atoms with Crippen LogP contribution in [0.5, 0.6) is 0 Å². The normalized spacial score (nSPS) is 20.9. The van der Waals surface area contributed by atoms with Crippen molar-refractivity contribution < 1.29 is 27.5 Å². The Morgan fingerprint density at radius 1 is 1.39 bits per heavy atom. The van der Waals surface area contributed by atoms with Gasteiger partial charge in [-0.2, -0.15) is 13.2 Å². The predicted molar refractivity (Wildman–Crippen MR) is 124 cm³/mol. The van der Waals surface area contributed by atoms with Crippen LogP contribution in [0.4, 0.5) is 23.2 Å². The molecule has 1 fully saturated rings. The number of aromatic nitrogens is 1. The lowest BCUT2D eigenvalue weighted by Crippen LogP contribution is -2.40. The van der Waals surface area contributed by atoms with Gasteiger partial charge in [-0.1, -0.05) is 17.7 Å². The highest BCUT2D eigenvalue weighted by Gasteiger charge is 2.38. The van der Waals surface area contributed by atoms with Gasteiger partial charge in [0.05, 0.1) is 15.9 Å². The minimum absolute atomic E-state index is 0.0573. The number of nitrogens with one attached hydrogen (secondary N) is 1. The van der Waals surface area contributed by atoms with Crippen LogP contribution in [0.15, 0.2) is 23.6 Å². The highest BCUT2D eigenvalue weighted by molar-refractivity contribution is 7.20. The van der Waals surface area contributed by atoms with E-state index in [1.807, 2.05) is 12.1 Å². The summed E-state index contributed by atoms with van der Waals surface area (Å²) < 4.78 is 47.0. The molecule has 4 rings (SSSR count). The average molecular weight is 524 g/mol. The van der Waals surface area contributed by atoms with Crippen LogP contribution in [-0.2, 0) is 11.3 Å². The van der Waals surface area contributed by atoms with Crippen LogP contribution in [-0.4, -0.2) is 34.4 Å². The number of pyridine rings is 1. The van der Waals surface area contributed by atoms with Crippen LogP contribution < -0.4 is 11.1 Å². The molecule has 1 saturated carbocycles. The minimum atomic E-state index is -5.08. The summed E-state index contributed by atoms with van der Waals surface area (Å²) in [6, 6.07) is 5.58. The minimum Gasteiger partial charge on any atom is -0.475 e. The Morgan fingerprint density at radius 2 is 2.09 bits per heavy atom. The van der Waals surface area contributed by atoms with Gasteiger partial charge in [0, 0.05) is 34.3 Å². The van der Waals surface area contributed by atoms with Crippen molar-refractivity contribution in [2.45, 2.75) is 57.0 Å². The first-order valence-corrected chi connectivity index (χ1v) is 12.1. The first-order chi connectivity index (χ1) is 15.5. The third kappa shape index (κ3) is 6.14. The second-order valence-electron chi connectivity index (χ2n) is 7.63. The first kappa shape index (κ1) is 25.7. The summed E-state index contributed by atoms with van der Waals surface area (Å²) in [5.41, 5.74) is 9.17. The molecule has 0 amide bonds. The van der Waals surface area contributed by atoms with Crippen molar-refractivity contribution in [3.05, 3.63) is 44.1 Å². The zero-order chi connectivity index (χ0) is 24.3. The van der Waals surface area contributed by atoms with Crippen molar-refractivity contribution in [2.24, 2.45) is 5.73 Å². The molecule has 5 nitrogen and oxygen atoms in total. The van der Waals surface area contributed by atoms with E-state index >= 15 is 0 Å². The van der Waals surface area contributed by atoms with E-state index in [4.69, 9.17) is 27.2 Å². The summed E-state index contributed by atoms with van der Waals surface area (Å²) in [6.45, 7) is 2.80. The molecular formula is C21H22ClF4N3O2S2. The lowest BCUT2D eigenvalue weighted by molar-refractivity contribution is -0.192. The van der Waals surface area contributed by atoms with Gasteiger partial charge in [-0.15, -0.1) is 22.7 Å². The Labute approximate surface area is 200 Å². The summed E-state index contributed by atoms with van der Waals surface area (Å²) >= 11 is 9.67. The van der Waals surface area contributed by atoms with E-state index in [-0.39, 0.29) is 5.92 Å². The predicted octanol–water partition coefficient (Wildman–Crippen LogP) is 6.50. The fraction of sp³-hybridized carbons (Fsp3) is 0.429. The Bertz CT molecular complexity index is 1110. The number of aryl methyl sites for hydroxylation is 1. The maximum absolute atomic E-state index is 14.2. The van der Waals surface area contributed by atoms with E-state index in [0.717, 1.165) is 45.7 Å². The summed E-state index contributed by atoms with van der Waals surface area (Å²) in [5, 5.41) is 13.1. The number of carboxylic acid groups (broad SMARTS) is 1. The van der Waals surface area contributed by atoms with Crippen molar-refractivity contribution in [3.8, 4) is 0 Å². The maximum Gasteiger partial charge on any atom is 0.490 e. The van der Waals surface area contributed by atoms with Crippen molar-refractivity contribution in [2.75, 3.05) is 5.32 Å². The number of aliphatic carboxylic acids is 1. The fourth-order valence-corrected chi connectivity index (χ4v) is 5.99. The molecule has 3 atom stereocenters. The zero-order valence-corrected chi connectivity index (χ0v) is 19.8. The van der Waals surface area contributed by atoms with Gasteiger partial charge < -0.3 is 16.2 Å². The number of nitrogens with two attached hydrogens (primary N) is 1. The standard InChI is InChI=1S/C19H21ClFN3S2.C2HF3O2/c1-10-17-19(26-18(10)12-5-2-6-13(21)16(12)22)14(8-15(20)24-17)23-9-11-4-3-7-25-11;3-2(4,5)1(6)7/h3-4,7-8,12-13,16H,2,5-6,9,22H2,1H3,(H,23,24);(H,6,7)/t12-,13+,16+;/m1./s1. The summed E-state index contributed by atoms with van der Waals surface area (Å²) in [6.07, 6.45) is -3.63. The fourth-order valence-electron chi connectivity index (χ4n) is 3.72. The largest absolute Gasteiger partial charge is 0.490 e. The van der Waals surface area contributed by atoms with Gasteiger partial charge >= 0.3 is 12.1 Å². The Morgan fingerprint density at radius 3 is 2.70 bits per heavy atom. The molecule has 3 aromatic heterocycles. The number of nitrogens with zero attached hydrogens (tertiary/aromatic N) is 1. The lowest BCUT2D eigenvalue weighted by Gasteiger charge is -2.31. The van der Waals surface area contributed by atoms with E-state index < -0.39 is 24.4 Å². The number of hydrogen-bond acceptors (Lipinski definition) is 6. The first-order valence-electron chi connectivity index (χ1n) is 10.0. The maximum atomic E-state index is 14.2. The topological polar surface area (TPSA) is 88.2 Å². The van der Waals surface area contributed by atoms with E-state index in [1.165, 1.54) is 4.88 Å². The van der Waals surface area contributed by atoms with E-state index in [1.54, 1.807) is 22.7 Å². The smallest absolute Gasteiger partial charge is 0.475 e. The molecule has 33 heavy (non-hydrogen) atoms. The second kappa shape index (κ2) is 10.5. The van der Waals surface area contributed by atoms with E-state index in [9.17, 15) is 17.6 Å². The van der Waals surface area contributed by atoms with Gasteiger partial charge in [0.15, 0.2) is 0 Å². The van der Waals surface area contributed by atoms with Gasteiger partial charge in [0.2, 0.25) is 0 Å². The third-order valence-corrected chi connectivity index (χ3v) is 7.88. The molecule has 0 saturated heterocycles. The van der Waals surface area contributed by atoms with Crippen LogP contribution >= 0.6 is 34.3 Å². The van der Waals surface area contributed by atoms with Gasteiger partial charge in [-0.3, -0.25) is 0 Å². The molecule has 0 bridgehead atoms. The lowest BCUT2D eigenvalue weighted by atomic mass is 9.82. The van der Waals surface area contributed by atoms with Gasteiger partial charge in [0.1, 0.15) is 11.3 Å². The number of alkyl halides is 4. The van der Waals surface area contributed by atoms with Gasteiger partial charge in [-0.25, -0.2) is 14.2 Å². The molecule has 3 heterocycles. The molecule has 0 aromatic carbocycles. The van der Waals surface area contributed by atoms with E-state index in [2.05, 4.69) is 28.7 Å². The summed E-state index contributed by atoms with van der Waals surface area (Å²) in [5.74, 6) is -2.70. The number of anilines is 1. The van der Waals surface area contributed by atoms with Crippen molar-refractivity contribution in [1.29, 1.82) is 0 Å². The third-order valence-electron chi connectivity index (χ3n) is 5.37. The van der Waals surface area contributed by atoms with Crippen LogP contribution in [0.25, 0.3) is 10.2 Å². The molecule has 1 aliphatic carbocycles. The van der Waals surface area contributed by atoms with Crippen molar-refractivity contribution in [1.82, 2.24) is 4.98 Å². The van der Waals surface area contributed by atoms with Gasteiger partial charge in [0.25, 0.3) is 0 Å². The molecule has 0 unspecified atom stereocenters. The molecule has 4 N–H and O–H groups in total. The van der Waals surface area contributed by atoms with Gasteiger partial charge in [-0.05, 0) is 43.2 Å². The number of halogens is 5. The monoisotopic (exact) mass is 523 g/mol. The van der Waals surface area contributed by atoms with Crippen molar-refractivity contribution in [3.63, 3.8) is 0 Å². The molecule has 0 spiro atoms. The van der Waals surface area contributed by atoms with E-state index in [0.29, 0.717) is 11.6 Å². The van der Waals surface area contributed by atoms with Crippen LogP contribution in [0.2, 0.25) is 5.15 Å². The molecular weight excluding hydrogens is 502 g/mol. The summed E-state index contributed by atoms with van der Waals surface area (Å²) in [7, 11) is 0. The number of carbonyl (C=O) groups is 1. The molecule has 1 aliphatic rings. The molecule has 180 valence electrons. The molecule has 3 aromatic rings. The van der Waals surface area contributed by atoms with Crippen LogP contribution in [0.1, 0.15) is 40.5 Å². The number of carboxylic acids is 1. The Balaban J connectivity index is 0.000000383. The zero-order valence-electron chi connectivity index (χ0n) is 17.5. The number of rotatable bonds is 4. The van der Waals surface area contributed by atoms with Crippen molar-refractivity contribution >= 4 is 56.1 Å². The highest BCUT2D eigenvalue weighted by Crippen LogP contribution is 2.44. The number of fused-ring (bicyclic) bond motifs is 1. The quantitative estimate of drug-likeness (QED) is 0.268. The number of thiophene rings is 2. The molecule has 0 aliphatic heterocycles. The Hall–Kier alpha value is -1.95. The molecule has 0 radical (unpaired) electrons. The highest BCUT2D eigenvalue weighted by atomic mass is 35.5.